The molecular formula is C12H14ClN3. The molecule has 2 aromatic rings. The fourth-order valence-corrected chi connectivity index (χ4v) is 1.66. The Kier molecular flexibility index (Phi) is 3.27. The molecule has 16 heavy (non-hydrogen) atoms. The Morgan fingerprint density at radius 2 is 2.00 bits per heavy atom. The molecular weight excluding hydrogens is 222 g/mol. The predicted octanol–water partition coefficient (Wildman–Crippen LogP) is 2.81. The fraction of sp³-hybridized carbons (Fsp3) is 0.250. The molecule has 0 aliphatic carbocycles. The number of hydrogen-bond acceptors (Lipinski definition) is 2. The summed E-state index contributed by atoms with van der Waals surface area (Å²) < 4.78 is 1.76. The van der Waals surface area contributed by atoms with Crippen molar-refractivity contribution < 1.29 is 0 Å². The molecule has 0 saturated carbocycles. The molecule has 1 aromatic heterocycles. The second-order valence-electron chi connectivity index (χ2n) is 3.71. The molecule has 1 N–H and O–H groups in total. The molecule has 0 bridgehead atoms. The Morgan fingerprint density at radius 1 is 1.31 bits per heavy atom. The zero-order chi connectivity index (χ0) is 11.5. The summed E-state index contributed by atoms with van der Waals surface area (Å²) in [6.07, 6.45) is 3.42. The quantitative estimate of drug-likeness (QED) is 0.887. The van der Waals surface area contributed by atoms with Crippen LogP contribution in [0.5, 0.6) is 0 Å². The summed E-state index contributed by atoms with van der Waals surface area (Å²) in [5.74, 6) is 0. The molecule has 1 aromatic carbocycles. The molecule has 0 saturated heterocycles. The minimum Gasteiger partial charge on any atom is -0.313 e. The first-order valence-corrected chi connectivity index (χ1v) is 5.56. The summed E-state index contributed by atoms with van der Waals surface area (Å²) in [6, 6.07) is 8.60. The highest BCUT2D eigenvalue weighted by Crippen LogP contribution is 2.16. The molecule has 1 heterocycles. The van der Waals surface area contributed by atoms with Crippen molar-refractivity contribution in [3.05, 3.63) is 47.2 Å². The Morgan fingerprint density at radius 3 is 2.50 bits per heavy atom. The Labute approximate surface area is 100 Å². The third-order valence-corrected chi connectivity index (χ3v) is 2.84. The van der Waals surface area contributed by atoms with Crippen LogP contribution in [0.15, 0.2) is 36.7 Å². The molecule has 0 spiro atoms. The van der Waals surface area contributed by atoms with Gasteiger partial charge in [-0.15, -0.1) is 0 Å². The monoisotopic (exact) mass is 235 g/mol. The molecule has 0 amide bonds. The first kappa shape index (κ1) is 11.2. The van der Waals surface area contributed by atoms with E-state index in [1.165, 1.54) is 5.56 Å². The molecule has 1 atom stereocenters. The lowest BCUT2D eigenvalue weighted by atomic mass is 10.1. The molecule has 0 aliphatic heterocycles. The molecule has 0 aliphatic rings. The Balaban J connectivity index is 2.25. The molecule has 0 radical (unpaired) electrons. The molecule has 1 unspecified atom stereocenters. The summed E-state index contributed by atoms with van der Waals surface area (Å²) in [4.78, 5) is 0. The van der Waals surface area contributed by atoms with Crippen LogP contribution >= 0.6 is 11.6 Å². The van der Waals surface area contributed by atoms with Gasteiger partial charge in [-0.05, 0) is 31.7 Å². The molecule has 3 nitrogen and oxygen atoms in total. The second kappa shape index (κ2) is 4.68. The molecule has 4 heteroatoms. The second-order valence-corrected chi connectivity index (χ2v) is 4.14. The zero-order valence-corrected chi connectivity index (χ0v) is 10.1. The van der Waals surface area contributed by atoms with Crippen LogP contribution in [-0.4, -0.2) is 16.8 Å². The maximum atomic E-state index is 5.82. The third kappa shape index (κ3) is 2.26. The van der Waals surface area contributed by atoms with Gasteiger partial charge in [-0.3, -0.25) is 0 Å². The van der Waals surface area contributed by atoms with E-state index >= 15 is 0 Å². The summed E-state index contributed by atoms with van der Waals surface area (Å²) in [5, 5.41) is 8.00. The van der Waals surface area contributed by atoms with E-state index in [0.717, 1.165) is 5.69 Å². The molecule has 84 valence electrons. The van der Waals surface area contributed by atoms with Crippen molar-refractivity contribution in [1.82, 2.24) is 15.1 Å². The first-order valence-electron chi connectivity index (χ1n) is 5.18. The summed E-state index contributed by atoms with van der Waals surface area (Å²) >= 11 is 5.82. The minimum absolute atomic E-state index is 0.357. The van der Waals surface area contributed by atoms with Crippen LogP contribution in [0.3, 0.4) is 0 Å². The maximum Gasteiger partial charge on any atom is 0.0790 e. The van der Waals surface area contributed by atoms with Gasteiger partial charge in [0, 0.05) is 12.2 Å². The summed E-state index contributed by atoms with van der Waals surface area (Å²) in [5.41, 5.74) is 2.27. The van der Waals surface area contributed by atoms with E-state index in [9.17, 15) is 0 Å². The highest BCUT2D eigenvalue weighted by molar-refractivity contribution is 6.30. The Hall–Kier alpha value is -1.32. The predicted molar refractivity (Wildman–Crippen MR) is 66.0 cm³/mol. The van der Waals surface area contributed by atoms with Gasteiger partial charge in [0.25, 0.3) is 0 Å². The van der Waals surface area contributed by atoms with Crippen LogP contribution in [0.4, 0.5) is 0 Å². The largest absolute Gasteiger partial charge is 0.313 e. The van der Waals surface area contributed by atoms with Gasteiger partial charge in [0.05, 0.1) is 16.9 Å². The van der Waals surface area contributed by atoms with Gasteiger partial charge in [0.15, 0.2) is 0 Å². The van der Waals surface area contributed by atoms with Crippen LogP contribution in [0.1, 0.15) is 18.5 Å². The SMILES string of the molecule is CNC(C)c1ccc(-n2cc(Cl)cn2)cc1. The van der Waals surface area contributed by atoms with Gasteiger partial charge in [-0.25, -0.2) is 4.68 Å². The van der Waals surface area contributed by atoms with Crippen LogP contribution < -0.4 is 5.32 Å². The fourth-order valence-electron chi connectivity index (χ4n) is 1.52. The summed E-state index contributed by atoms with van der Waals surface area (Å²) in [7, 11) is 1.95. The average molecular weight is 236 g/mol. The van der Waals surface area contributed by atoms with E-state index in [2.05, 4.69) is 29.5 Å². The van der Waals surface area contributed by atoms with Crippen molar-refractivity contribution in [3.8, 4) is 5.69 Å². The number of nitrogens with zero attached hydrogens (tertiary/aromatic N) is 2. The molecule has 2 rings (SSSR count). The van der Waals surface area contributed by atoms with Gasteiger partial charge in [0.2, 0.25) is 0 Å². The van der Waals surface area contributed by atoms with Crippen molar-refractivity contribution in [2.45, 2.75) is 13.0 Å². The van der Waals surface area contributed by atoms with Gasteiger partial charge in [-0.1, -0.05) is 23.7 Å². The smallest absolute Gasteiger partial charge is 0.0790 e. The Bertz CT molecular complexity index is 461. The number of benzene rings is 1. The molecule has 0 fully saturated rings. The van der Waals surface area contributed by atoms with E-state index in [1.54, 1.807) is 17.1 Å². The van der Waals surface area contributed by atoms with E-state index in [-0.39, 0.29) is 0 Å². The van der Waals surface area contributed by atoms with Crippen molar-refractivity contribution in [1.29, 1.82) is 0 Å². The first-order chi connectivity index (χ1) is 7.70. The average Bonchev–Trinajstić information content (AvgIpc) is 2.75. The number of aromatic nitrogens is 2. The van der Waals surface area contributed by atoms with E-state index < -0.39 is 0 Å². The maximum absolute atomic E-state index is 5.82. The lowest BCUT2D eigenvalue weighted by Gasteiger charge is -2.10. The van der Waals surface area contributed by atoms with Crippen LogP contribution in [-0.2, 0) is 0 Å². The van der Waals surface area contributed by atoms with E-state index in [1.807, 2.05) is 19.2 Å². The van der Waals surface area contributed by atoms with Crippen LogP contribution in [0.25, 0.3) is 5.69 Å². The highest BCUT2D eigenvalue weighted by Gasteiger charge is 2.03. The summed E-state index contributed by atoms with van der Waals surface area (Å²) in [6.45, 7) is 2.12. The number of nitrogens with one attached hydrogen (secondary N) is 1. The lowest BCUT2D eigenvalue weighted by molar-refractivity contribution is 0.652. The van der Waals surface area contributed by atoms with Gasteiger partial charge >= 0.3 is 0 Å². The number of hydrogen-bond donors (Lipinski definition) is 1. The lowest BCUT2D eigenvalue weighted by Crippen LogP contribution is -2.12. The minimum atomic E-state index is 0.357. The highest BCUT2D eigenvalue weighted by atomic mass is 35.5. The van der Waals surface area contributed by atoms with Gasteiger partial charge in [0.1, 0.15) is 0 Å². The van der Waals surface area contributed by atoms with Crippen molar-refractivity contribution in [2.24, 2.45) is 0 Å². The van der Waals surface area contributed by atoms with Gasteiger partial charge in [-0.2, -0.15) is 5.10 Å². The number of halogens is 1. The van der Waals surface area contributed by atoms with Crippen molar-refractivity contribution >= 4 is 11.6 Å². The standard InChI is InChI=1S/C12H14ClN3/c1-9(14-2)10-3-5-12(6-4-10)16-8-11(13)7-15-16/h3-9,14H,1-2H3. The van der Waals surface area contributed by atoms with Crippen LogP contribution in [0, 0.1) is 0 Å². The zero-order valence-electron chi connectivity index (χ0n) is 9.31. The van der Waals surface area contributed by atoms with Crippen molar-refractivity contribution in [2.75, 3.05) is 7.05 Å². The normalized spacial score (nSPS) is 12.7. The van der Waals surface area contributed by atoms with E-state index in [4.69, 9.17) is 11.6 Å². The van der Waals surface area contributed by atoms with Crippen molar-refractivity contribution in [3.63, 3.8) is 0 Å². The van der Waals surface area contributed by atoms with E-state index in [0.29, 0.717) is 11.1 Å². The van der Waals surface area contributed by atoms with Gasteiger partial charge < -0.3 is 5.32 Å². The van der Waals surface area contributed by atoms with Crippen LogP contribution in [0.2, 0.25) is 5.02 Å². The topological polar surface area (TPSA) is 29.9 Å². The number of rotatable bonds is 3. The third-order valence-electron chi connectivity index (χ3n) is 2.64.